The van der Waals surface area contributed by atoms with Crippen LogP contribution in [0.15, 0.2) is 24.3 Å². The molecule has 0 atom stereocenters. The van der Waals surface area contributed by atoms with Crippen molar-refractivity contribution in [3.05, 3.63) is 41.5 Å². The van der Waals surface area contributed by atoms with Crippen LogP contribution >= 0.6 is 0 Å². The average Bonchev–Trinajstić information content (AvgIpc) is 2.32. The Morgan fingerprint density at radius 1 is 1.22 bits per heavy atom. The van der Waals surface area contributed by atoms with E-state index in [0.29, 0.717) is 11.4 Å². The summed E-state index contributed by atoms with van der Waals surface area (Å²) in [4.78, 5) is 8.63. The van der Waals surface area contributed by atoms with Crippen molar-refractivity contribution in [1.29, 1.82) is 0 Å². The third-order valence-electron chi connectivity index (χ3n) is 2.72. The van der Waals surface area contributed by atoms with Crippen LogP contribution in [0.5, 0.6) is 0 Å². The number of halogens is 1. The zero-order valence-electron chi connectivity index (χ0n) is 10.6. The van der Waals surface area contributed by atoms with Gasteiger partial charge in [-0.25, -0.2) is 14.4 Å². The molecule has 2 aromatic rings. The number of rotatable bonds is 3. The molecule has 1 aromatic heterocycles. The SMILES string of the molecule is CCCc1nc(N)cc(-c2ccc(F)c(C)c2)n1. The van der Waals surface area contributed by atoms with Crippen LogP contribution in [0.1, 0.15) is 24.7 Å². The number of hydrogen-bond donors (Lipinski definition) is 1. The second-order valence-electron chi connectivity index (χ2n) is 4.31. The van der Waals surface area contributed by atoms with E-state index in [0.717, 1.165) is 29.9 Å². The van der Waals surface area contributed by atoms with Crippen LogP contribution in [-0.4, -0.2) is 9.97 Å². The summed E-state index contributed by atoms with van der Waals surface area (Å²) in [5.41, 5.74) is 7.97. The summed E-state index contributed by atoms with van der Waals surface area (Å²) in [5, 5.41) is 0. The van der Waals surface area contributed by atoms with Gasteiger partial charge in [-0.05, 0) is 37.1 Å². The predicted molar refractivity (Wildman–Crippen MR) is 70.6 cm³/mol. The Morgan fingerprint density at radius 2 is 2.00 bits per heavy atom. The number of anilines is 1. The molecule has 2 rings (SSSR count). The van der Waals surface area contributed by atoms with Gasteiger partial charge in [0, 0.05) is 18.1 Å². The monoisotopic (exact) mass is 245 g/mol. The van der Waals surface area contributed by atoms with Crippen molar-refractivity contribution in [3.8, 4) is 11.3 Å². The van der Waals surface area contributed by atoms with Crippen LogP contribution in [0.2, 0.25) is 0 Å². The van der Waals surface area contributed by atoms with Gasteiger partial charge in [-0.2, -0.15) is 0 Å². The molecule has 0 saturated carbocycles. The number of aromatic nitrogens is 2. The second-order valence-corrected chi connectivity index (χ2v) is 4.31. The van der Waals surface area contributed by atoms with Gasteiger partial charge >= 0.3 is 0 Å². The van der Waals surface area contributed by atoms with Crippen molar-refractivity contribution in [2.45, 2.75) is 26.7 Å². The van der Waals surface area contributed by atoms with E-state index >= 15 is 0 Å². The Bertz CT molecular complexity index is 567. The van der Waals surface area contributed by atoms with Gasteiger partial charge in [0.05, 0.1) is 5.69 Å². The van der Waals surface area contributed by atoms with E-state index in [1.54, 1.807) is 25.1 Å². The molecule has 4 heteroatoms. The molecule has 94 valence electrons. The van der Waals surface area contributed by atoms with Gasteiger partial charge in [0.1, 0.15) is 17.5 Å². The fraction of sp³-hybridized carbons (Fsp3) is 0.286. The normalized spacial score (nSPS) is 10.6. The minimum atomic E-state index is -0.213. The highest BCUT2D eigenvalue weighted by Gasteiger charge is 2.06. The smallest absolute Gasteiger partial charge is 0.131 e. The van der Waals surface area contributed by atoms with Crippen molar-refractivity contribution in [2.24, 2.45) is 0 Å². The lowest BCUT2D eigenvalue weighted by atomic mass is 10.1. The molecular formula is C14H16FN3. The summed E-state index contributed by atoms with van der Waals surface area (Å²) < 4.78 is 13.2. The maximum Gasteiger partial charge on any atom is 0.131 e. The fourth-order valence-electron chi connectivity index (χ4n) is 1.81. The third kappa shape index (κ3) is 2.64. The lowest BCUT2D eigenvalue weighted by Gasteiger charge is -2.06. The minimum Gasteiger partial charge on any atom is -0.384 e. The molecule has 0 fully saturated rings. The lowest BCUT2D eigenvalue weighted by Crippen LogP contribution is -2.01. The van der Waals surface area contributed by atoms with Gasteiger partial charge in [0.2, 0.25) is 0 Å². The van der Waals surface area contributed by atoms with Crippen LogP contribution in [0.4, 0.5) is 10.2 Å². The highest BCUT2D eigenvalue weighted by Crippen LogP contribution is 2.21. The first-order valence-corrected chi connectivity index (χ1v) is 6.00. The van der Waals surface area contributed by atoms with Crippen LogP contribution in [0.3, 0.4) is 0 Å². The van der Waals surface area contributed by atoms with Crippen molar-refractivity contribution in [2.75, 3.05) is 5.73 Å². The van der Waals surface area contributed by atoms with Crippen LogP contribution in [0, 0.1) is 12.7 Å². The Kier molecular flexibility index (Phi) is 3.55. The molecule has 0 bridgehead atoms. The third-order valence-corrected chi connectivity index (χ3v) is 2.72. The molecule has 18 heavy (non-hydrogen) atoms. The average molecular weight is 245 g/mol. The van der Waals surface area contributed by atoms with E-state index in [-0.39, 0.29) is 5.82 Å². The van der Waals surface area contributed by atoms with E-state index in [2.05, 4.69) is 16.9 Å². The molecule has 0 radical (unpaired) electrons. The van der Waals surface area contributed by atoms with Crippen molar-refractivity contribution >= 4 is 5.82 Å². The molecule has 1 aromatic carbocycles. The molecule has 0 spiro atoms. The largest absolute Gasteiger partial charge is 0.384 e. The Hall–Kier alpha value is -1.97. The summed E-state index contributed by atoms with van der Waals surface area (Å²) in [6, 6.07) is 6.64. The Balaban J connectivity index is 2.46. The van der Waals surface area contributed by atoms with Crippen molar-refractivity contribution in [3.63, 3.8) is 0 Å². The second kappa shape index (κ2) is 5.12. The van der Waals surface area contributed by atoms with Gasteiger partial charge in [-0.1, -0.05) is 6.92 Å². The molecule has 3 nitrogen and oxygen atoms in total. The maximum atomic E-state index is 13.2. The highest BCUT2D eigenvalue weighted by molar-refractivity contribution is 5.62. The zero-order chi connectivity index (χ0) is 13.1. The number of nitrogens with two attached hydrogens (primary N) is 1. The van der Waals surface area contributed by atoms with E-state index in [1.165, 1.54) is 6.07 Å². The predicted octanol–water partition coefficient (Wildman–Crippen LogP) is 3.13. The van der Waals surface area contributed by atoms with Gasteiger partial charge in [-0.15, -0.1) is 0 Å². The molecule has 0 aliphatic rings. The summed E-state index contributed by atoms with van der Waals surface area (Å²) in [7, 11) is 0. The number of nitrogens with zero attached hydrogens (tertiary/aromatic N) is 2. The van der Waals surface area contributed by atoms with Gasteiger partial charge in [0.15, 0.2) is 0 Å². The topological polar surface area (TPSA) is 51.8 Å². The molecule has 1 heterocycles. The Morgan fingerprint density at radius 3 is 2.67 bits per heavy atom. The number of aryl methyl sites for hydroxylation is 2. The first kappa shape index (κ1) is 12.5. The molecule has 2 N–H and O–H groups in total. The number of nitrogen functional groups attached to an aromatic ring is 1. The summed E-state index contributed by atoms with van der Waals surface area (Å²) in [6.45, 7) is 3.80. The van der Waals surface area contributed by atoms with Crippen molar-refractivity contribution < 1.29 is 4.39 Å². The van der Waals surface area contributed by atoms with Gasteiger partial charge in [0.25, 0.3) is 0 Å². The molecule has 0 unspecified atom stereocenters. The summed E-state index contributed by atoms with van der Waals surface area (Å²) in [5.74, 6) is 0.967. The van der Waals surface area contributed by atoms with E-state index in [9.17, 15) is 4.39 Å². The quantitative estimate of drug-likeness (QED) is 0.903. The molecule has 0 aliphatic heterocycles. The standard InChI is InChI=1S/C14H16FN3/c1-3-4-14-17-12(8-13(16)18-14)10-5-6-11(15)9(2)7-10/h5-8H,3-4H2,1-2H3,(H2,16,17,18). The van der Waals surface area contributed by atoms with Crippen LogP contribution in [-0.2, 0) is 6.42 Å². The molecule has 0 amide bonds. The fourth-order valence-corrected chi connectivity index (χ4v) is 1.81. The van der Waals surface area contributed by atoms with Crippen LogP contribution in [0.25, 0.3) is 11.3 Å². The van der Waals surface area contributed by atoms with E-state index in [1.807, 2.05) is 0 Å². The maximum absolute atomic E-state index is 13.2. The van der Waals surface area contributed by atoms with Gasteiger partial charge in [-0.3, -0.25) is 0 Å². The molecule has 0 aliphatic carbocycles. The first-order chi connectivity index (χ1) is 8.60. The van der Waals surface area contributed by atoms with Crippen LogP contribution < -0.4 is 5.73 Å². The number of hydrogen-bond acceptors (Lipinski definition) is 3. The molecule has 0 saturated heterocycles. The number of benzene rings is 1. The first-order valence-electron chi connectivity index (χ1n) is 6.00. The Labute approximate surface area is 106 Å². The summed E-state index contributed by atoms with van der Waals surface area (Å²) in [6.07, 6.45) is 1.75. The van der Waals surface area contributed by atoms with E-state index < -0.39 is 0 Å². The minimum absolute atomic E-state index is 0.213. The lowest BCUT2D eigenvalue weighted by molar-refractivity contribution is 0.618. The zero-order valence-corrected chi connectivity index (χ0v) is 10.6. The van der Waals surface area contributed by atoms with E-state index in [4.69, 9.17) is 5.73 Å². The van der Waals surface area contributed by atoms with Crippen molar-refractivity contribution in [1.82, 2.24) is 9.97 Å². The highest BCUT2D eigenvalue weighted by atomic mass is 19.1. The summed E-state index contributed by atoms with van der Waals surface area (Å²) >= 11 is 0. The molecular weight excluding hydrogens is 229 g/mol. The van der Waals surface area contributed by atoms with Gasteiger partial charge < -0.3 is 5.73 Å².